The maximum atomic E-state index is 14.6. The monoisotopic (exact) mass is 465 g/mol. The second kappa shape index (κ2) is 8.10. The van der Waals surface area contributed by atoms with E-state index in [1.807, 2.05) is 4.90 Å². The number of carbonyl (C=O) groups is 1. The predicted octanol–water partition coefficient (Wildman–Crippen LogP) is 3.65. The molecular weight excluding hydrogens is 433 g/mol. The summed E-state index contributed by atoms with van der Waals surface area (Å²) in [4.78, 5) is 26.5. The molecule has 5 aliphatic rings. The first-order valence-electron chi connectivity index (χ1n) is 12.4. The zero-order valence-corrected chi connectivity index (χ0v) is 19.8. The van der Waals surface area contributed by atoms with Gasteiger partial charge in [0, 0.05) is 43.5 Å². The van der Waals surface area contributed by atoms with Gasteiger partial charge in [0.15, 0.2) is 0 Å². The van der Waals surface area contributed by atoms with Gasteiger partial charge in [0.1, 0.15) is 17.3 Å². The summed E-state index contributed by atoms with van der Waals surface area (Å²) >= 11 is 0. The van der Waals surface area contributed by atoms with Gasteiger partial charge in [-0.3, -0.25) is 4.79 Å². The molecule has 7 nitrogen and oxygen atoms in total. The Labute approximate surface area is 199 Å². The molecule has 4 aliphatic carbocycles. The van der Waals surface area contributed by atoms with Crippen LogP contribution in [0.25, 0.3) is 0 Å². The van der Waals surface area contributed by atoms with Gasteiger partial charge in [0.25, 0.3) is 5.91 Å². The molecule has 2 unspecified atom stereocenters. The first-order valence-corrected chi connectivity index (χ1v) is 12.4. The molecule has 1 aliphatic heterocycles. The Balaban J connectivity index is 1.15. The van der Waals surface area contributed by atoms with Crippen molar-refractivity contribution in [3.8, 4) is 5.75 Å². The summed E-state index contributed by atoms with van der Waals surface area (Å²) in [7, 11) is 1.53. The van der Waals surface area contributed by atoms with Crippen molar-refractivity contribution in [1.29, 1.82) is 0 Å². The summed E-state index contributed by atoms with van der Waals surface area (Å²) in [5, 5.41) is 3.41. The molecule has 1 N–H and O–H groups in total. The van der Waals surface area contributed by atoms with Crippen LogP contribution in [0.1, 0.15) is 49.5 Å². The largest absolute Gasteiger partial charge is 0.497 e. The van der Waals surface area contributed by atoms with Crippen LogP contribution in [0.2, 0.25) is 0 Å². The van der Waals surface area contributed by atoms with E-state index in [1.54, 1.807) is 24.4 Å². The van der Waals surface area contributed by atoms with E-state index in [4.69, 9.17) is 4.74 Å². The number of carbonyl (C=O) groups excluding carboxylic acids is 1. The van der Waals surface area contributed by atoms with Gasteiger partial charge in [-0.1, -0.05) is 0 Å². The van der Waals surface area contributed by atoms with E-state index in [0.717, 1.165) is 24.7 Å². The fourth-order valence-corrected chi connectivity index (χ4v) is 7.25. The lowest BCUT2D eigenvalue weighted by Crippen LogP contribution is -2.53. The van der Waals surface area contributed by atoms with Gasteiger partial charge in [-0.25, -0.2) is 14.4 Å². The Morgan fingerprint density at radius 3 is 2.68 bits per heavy atom. The quantitative estimate of drug-likeness (QED) is 0.727. The lowest BCUT2D eigenvalue weighted by atomic mass is 9.80. The average Bonchev–Trinajstić information content (AvgIpc) is 3.21. The van der Waals surface area contributed by atoms with E-state index in [1.165, 1.54) is 32.4 Å². The van der Waals surface area contributed by atoms with Crippen LogP contribution < -0.4 is 19.9 Å². The highest BCUT2D eigenvalue weighted by atomic mass is 19.1. The van der Waals surface area contributed by atoms with Crippen LogP contribution in [0.5, 0.6) is 5.75 Å². The van der Waals surface area contributed by atoms with Crippen molar-refractivity contribution in [3.63, 3.8) is 0 Å². The number of piperazine rings is 1. The Bertz CT molecular complexity index is 1100. The van der Waals surface area contributed by atoms with E-state index >= 15 is 0 Å². The van der Waals surface area contributed by atoms with Crippen molar-refractivity contribution in [3.05, 3.63) is 42.0 Å². The van der Waals surface area contributed by atoms with Crippen molar-refractivity contribution in [2.45, 2.75) is 50.6 Å². The number of ether oxygens (including phenoxy) is 1. The molecule has 1 amide bonds. The molecule has 1 aromatic heterocycles. The van der Waals surface area contributed by atoms with Gasteiger partial charge in [-0.05, 0) is 75.0 Å². The minimum Gasteiger partial charge on any atom is -0.497 e. The fraction of sp³-hybridized carbons (Fsp3) is 0.577. The maximum absolute atomic E-state index is 14.6. The first-order chi connectivity index (χ1) is 16.4. The number of anilines is 2. The van der Waals surface area contributed by atoms with Crippen LogP contribution in [-0.4, -0.2) is 54.2 Å². The molecule has 1 saturated heterocycles. The summed E-state index contributed by atoms with van der Waals surface area (Å²) in [6, 6.07) is 6.74. The second-order valence-electron chi connectivity index (χ2n) is 10.7. The molecule has 2 heterocycles. The Hall–Kier alpha value is -2.90. The third-order valence-electron chi connectivity index (χ3n) is 8.61. The second-order valence-corrected chi connectivity index (χ2v) is 10.7. The SMILES string of the molecule is COc1ccc(N2CCN(c3nccc(C(=O)NC45C[C@@H]6CC4C[C@@H](C6)C5)n3)[C@H](C)C2)c(F)c1. The Morgan fingerprint density at radius 2 is 1.97 bits per heavy atom. The van der Waals surface area contributed by atoms with E-state index in [-0.39, 0.29) is 23.3 Å². The van der Waals surface area contributed by atoms with Crippen LogP contribution in [0.4, 0.5) is 16.0 Å². The Morgan fingerprint density at radius 1 is 1.18 bits per heavy atom. The highest BCUT2D eigenvalue weighted by Gasteiger charge is 2.58. The molecule has 5 atom stereocenters. The number of halogens is 1. The molecule has 34 heavy (non-hydrogen) atoms. The van der Waals surface area contributed by atoms with Crippen LogP contribution in [0.3, 0.4) is 0 Å². The van der Waals surface area contributed by atoms with E-state index in [2.05, 4.69) is 27.1 Å². The maximum Gasteiger partial charge on any atom is 0.270 e. The van der Waals surface area contributed by atoms with Crippen LogP contribution >= 0.6 is 0 Å². The molecule has 180 valence electrons. The highest BCUT2D eigenvalue weighted by Crippen LogP contribution is 2.60. The average molecular weight is 466 g/mol. The number of hydrogen-bond donors (Lipinski definition) is 1. The number of hydrogen-bond acceptors (Lipinski definition) is 6. The predicted molar refractivity (Wildman–Crippen MR) is 128 cm³/mol. The lowest BCUT2D eigenvalue weighted by Gasteiger charge is -2.41. The third-order valence-corrected chi connectivity index (χ3v) is 8.61. The van der Waals surface area contributed by atoms with Gasteiger partial charge in [0.2, 0.25) is 5.95 Å². The van der Waals surface area contributed by atoms with Crippen LogP contribution in [0.15, 0.2) is 30.5 Å². The molecule has 8 heteroatoms. The van der Waals surface area contributed by atoms with E-state index < -0.39 is 0 Å². The molecule has 4 saturated carbocycles. The highest BCUT2D eigenvalue weighted by molar-refractivity contribution is 5.93. The van der Waals surface area contributed by atoms with Crippen molar-refractivity contribution < 1.29 is 13.9 Å². The van der Waals surface area contributed by atoms with Gasteiger partial charge in [0.05, 0.1) is 12.8 Å². The number of nitrogens with zero attached hydrogens (tertiary/aromatic N) is 4. The minimum atomic E-state index is -0.288. The zero-order chi connectivity index (χ0) is 23.4. The van der Waals surface area contributed by atoms with Gasteiger partial charge < -0.3 is 19.9 Å². The standard InChI is InChI=1S/C26H32FN5O2/c1-16-15-31(23-4-3-20(34-2)12-21(23)27)7-8-32(16)25-28-6-5-22(29-25)24(33)30-26-13-17-9-18(14-26)11-19(26)10-17/h3-6,12,16-19H,7-11,13-15H2,1-2H3,(H,30,33)/t16-,17-,18+,19?,26?/m1/s1. The fourth-order valence-electron chi connectivity index (χ4n) is 7.25. The topological polar surface area (TPSA) is 70.6 Å². The molecular formula is C26H32FN5O2. The summed E-state index contributed by atoms with van der Waals surface area (Å²) in [6.07, 6.45) is 7.80. The molecule has 0 radical (unpaired) electrons. The Kier molecular flexibility index (Phi) is 5.15. The number of amides is 1. The lowest BCUT2D eigenvalue weighted by molar-refractivity contribution is 0.0869. The van der Waals surface area contributed by atoms with Gasteiger partial charge >= 0.3 is 0 Å². The summed E-state index contributed by atoms with van der Waals surface area (Å²) in [5.74, 6) is 2.90. The van der Waals surface area contributed by atoms with Crippen molar-refractivity contribution in [2.24, 2.45) is 17.8 Å². The molecule has 1 aromatic carbocycles. The number of rotatable bonds is 5. The van der Waals surface area contributed by atoms with Crippen LogP contribution in [0, 0.1) is 23.6 Å². The van der Waals surface area contributed by atoms with E-state index in [9.17, 15) is 9.18 Å². The number of methoxy groups -OCH3 is 1. The molecule has 2 aromatic rings. The first kappa shape index (κ1) is 21.6. The smallest absolute Gasteiger partial charge is 0.270 e. The molecule has 4 bridgehead atoms. The molecule has 7 rings (SSSR count). The third kappa shape index (κ3) is 3.58. The van der Waals surface area contributed by atoms with Crippen molar-refractivity contribution >= 4 is 17.5 Å². The summed E-state index contributed by atoms with van der Waals surface area (Å²) in [5.41, 5.74) is 0.986. The normalized spacial score (nSPS) is 31.7. The van der Waals surface area contributed by atoms with Crippen LogP contribution in [-0.2, 0) is 0 Å². The van der Waals surface area contributed by atoms with E-state index in [0.29, 0.717) is 48.6 Å². The molecule has 0 spiro atoms. The van der Waals surface area contributed by atoms with Gasteiger partial charge in [-0.2, -0.15) is 0 Å². The van der Waals surface area contributed by atoms with Crippen molar-refractivity contribution in [1.82, 2.24) is 15.3 Å². The van der Waals surface area contributed by atoms with Gasteiger partial charge in [-0.15, -0.1) is 0 Å². The molecule has 5 fully saturated rings. The number of benzene rings is 1. The van der Waals surface area contributed by atoms with Crippen molar-refractivity contribution in [2.75, 3.05) is 36.5 Å². The summed E-state index contributed by atoms with van der Waals surface area (Å²) in [6.45, 7) is 4.00. The minimum absolute atomic E-state index is 0.0167. The number of aromatic nitrogens is 2. The zero-order valence-electron chi connectivity index (χ0n) is 19.8. The summed E-state index contributed by atoms with van der Waals surface area (Å²) < 4.78 is 19.7. The number of nitrogens with one attached hydrogen (secondary N) is 1.